The predicted octanol–water partition coefficient (Wildman–Crippen LogP) is 2.64. The number of likely N-dealkylation sites (N-methyl/N-ethyl adjacent to an activating group) is 1. The van der Waals surface area contributed by atoms with Gasteiger partial charge in [-0.2, -0.15) is 0 Å². The van der Waals surface area contributed by atoms with Gasteiger partial charge >= 0.3 is 0 Å². The summed E-state index contributed by atoms with van der Waals surface area (Å²) in [6.45, 7) is 1.40. The molecule has 148 valence electrons. The first-order valence-corrected chi connectivity index (χ1v) is 9.89. The Bertz CT molecular complexity index is 787. The van der Waals surface area contributed by atoms with Crippen molar-refractivity contribution in [3.8, 4) is 0 Å². The van der Waals surface area contributed by atoms with Crippen LogP contribution in [-0.2, 0) is 22.4 Å². The van der Waals surface area contributed by atoms with Crippen molar-refractivity contribution >= 4 is 17.5 Å². The Labute approximate surface area is 167 Å². The first kappa shape index (κ1) is 20.1. The lowest BCUT2D eigenvalue weighted by Crippen LogP contribution is -2.42. The second-order valence-electron chi connectivity index (χ2n) is 7.60. The first-order valence-electron chi connectivity index (χ1n) is 9.89. The standard InChI is InChI=1S/C23H29N3O2/c1-25(2)21(15-18-7-4-3-5-8-18)17-24-22(27)16-19-10-12-20(13-11-19)26-14-6-9-23(26)28/h3-5,7-8,10-13,21H,6,9,14-17H2,1-2H3,(H,24,27). The molecule has 0 aliphatic carbocycles. The zero-order valence-corrected chi connectivity index (χ0v) is 16.7. The molecule has 1 atom stereocenters. The molecular weight excluding hydrogens is 350 g/mol. The van der Waals surface area contributed by atoms with E-state index in [0.29, 0.717) is 19.4 Å². The maximum atomic E-state index is 12.4. The molecule has 1 aliphatic heterocycles. The van der Waals surface area contributed by atoms with Gasteiger partial charge in [0.15, 0.2) is 0 Å². The number of rotatable bonds is 8. The highest BCUT2D eigenvalue weighted by atomic mass is 16.2. The minimum atomic E-state index is 0.0184. The average Bonchev–Trinajstić information content (AvgIpc) is 3.12. The molecule has 1 unspecified atom stereocenters. The van der Waals surface area contributed by atoms with E-state index in [1.807, 2.05) is 61.5 Å². The number of nitrogens with one attached hydrogen (secondary N) is 1. The SMILES string of the molecule is CN(C)C(CNC(=O)Cc1ccc(N2CCCC2=O)cc1)Cc1ccccc1. The summed E-state index contributed by atoms with van der Waals surface area (Å²) >= 11 is 0. The van der Waals surface area contributed by atoms with Gasteiger partial charge in [-0.15, -0.1) is 0 Å². The number of hydrogen-bond donors (Lipinski definition) is 1. The zero-order chi connectivity index (χ0) is 19.9. The summed E-state index contributed by atoms with van der Waals surface area (Å²) in [4.78, 5) is 28.2. The van der Waals surface area contributed by atoms with Crippen molar-refractivity contribution in [2.45, 2.75) is 31.7 Å². The topological polar surface area (TPSA) is 52.7 Å². The third-order valence-electron chi connectivity index (χ3n) is 5.27. The van der Waals surface area contributed by atoms with E-state index in [9.17, 15) is 9.59 Å². The van der Waals surface area contributed by atoms with E-state index < -0.39 is 0 Å². The molecule has 5 heteroatoms. The van der Waals surface area contributed by atoms with Crippen LogP contribution in [0.3, 0.4) is 0 Å². The van der Waals surface area contributed by atoms with Crippen LogP contribution in [0, 0.1) is 0 Å². The van der Waals surface area contributed by atoms with Crippen molar-refractivity contribution < 1.29 is 9.59 Å². The lowest BCUT2D eigenvalue weighted by molar-refractivity contribution is -0.120. The van der Waals surface area contributed by atoms with Crippen LogP contribution >= 0.6 is 0 Å². The van der Waals surface area contributed by atoms with Crippen molar-refractivity contribution in [1.29, 1.82) is 0 Å². The number of amides is 2. The van der Waals surface area contributed by atoms with Crippen LogP contribution in [0.1, 0.15) is 24.0 Å². The fraction of sp³-hybridized carbons (Fsp3) is 0.391. The minimum absolute atomic E-state index is 0.0184. The molecule has 1 fully saturated rings. The second kappa shape index (κ2) is 9.51. The van der Waals surface area contributed by atoms with Crippen LogP contribution in [0.2, 0.25) is 0 Å². The highest BCUT2D eigenvalue weighted by Gasteiger charge is 2.21. The van der Waals surface area contributed by atoms with Crippen LogP contribution in [-0.4, -0.2) is 49.9 Å². The Balaban J connectivity index is 1.50. The van der Waals surface area contributed by atoms with Crippen LogP contribution in [0.25, 0.3) is 0 Å². The molecule has 1 aliphatic rings. The average molecular weight is 380 g/mol. The molecule has 0 saturated carbocycles. The van der Waals surface area contributed by atoms with Gasteiger partial charge in [0.25, 0.3) is 0 Å². The van der Waals surface area contributed by atoms with Gasteiger partial charge in [-0.25, -0.2) is 0 Å². The van der Waals surface area contributed by atoms with E-state index in [1.54, 1.807) is 0 Å². The Morgan fingerprint density at radius 3 is 2.39 bits per heavy atom. The maximum absolute atomic E-state index is 12.4. The quantitative estimate of drug-likeness (QED) is 0.767. The normalized spacial score (nSPS) is 15.1. The summed E-state index contributed by atoms with van der Waals surface area (Å²) in [5.74, 6) is 0.198. The molecule has 2 amide bonds. The second-order valence-corrected chi connectivity index (χ2v) is 7.60. The van der Waals surface area contributed by atoms with Gasteiger partial charge in [-0.1, -0.05) is 42.5 Å². The van der Waals surface area contributed by atoms with Crippen LogP contribution in [0.15, 0.2) is 54.6 Å². The van der Waals surface area contributed by atoms with Crippen molar-refractivity contribution in [2.75, 3.05) is 32.1 Å². The Kier molecular flexibility index (Phi) is 6.82. The molecule has 0 bridgehead atoms. The van der Waals surface area contributed by atoms with Gasteiger partial charge < -0.3 is 15.1 Å². The third kappa shape index (κ3) is 5.42. The summed E-state index contributed by atoms with van der Waals surface area (Å²) in [6.07, 6.45) is 2.78. The molecule has 1 saturated heterocycles. The lowest BCUT2D eigenvalue weighted by Gasteiger charge is -2.25. The molecule has 0 aromatic heterocycles. The number of nitrogens with zero attached hydrogens (tertiary/aromatic N) is 2. The predicted molar refractivity (Wildman–Crippen MR) is 112 cm³/mol. The molecule has 3 rings (SSSR count). The van der Waals surface area contributed by atoms with Crippen LogP contribution in [0.5, 0.6) is 0 Å². The fourth-order valence-electron chi connectivity index (χ4n) is 3.52. The largest absolute Gasteiger partial charge is 0.354 e. The van der Waals surface area contributed by atoms with E-state index in [-0.39, 0.29) is 17.9 Å². The number of anilines is 1. The molecule has 5 nitrogen and oxygen atoms in total. The zero-order valence-electron chi connectivity index (χ0n) is 16.7. The van der Waals surface area contributed by atoms with Gasteiger partial charge in [0, 0.05) is 31.2 Å². The van der Waals surface area contributed by atoms with Gasteiger partial charge in [0.1, 0.15) is 0 Å². The summed E-state index contributed by atoms with van der Waals surface area (Å²) in [6, 6.07) is 18.3. The molecule has 2 aromatic carbocycles. The minimum Gasteiger partial charge on any atom is -0.354 e. The smallest absolute Gasteiger partial charge is 0.227 e. The van der Waals surface area contributed by atoms with Crippen molar-refractivity contribution in [3.63, 3.8) is 0 Å². The van der Waals surface area contributed by atoms with E-state index in [2.05, 4.69) is 22.3 Å². The Morgan fingerprint density at radius 2 is 1.79 bits per heavy atom. The van der Waals surface area contributed by atoms with Gasteiger partial charge in [0.2, 0.25) is 11.8 Å². The molecule has 1 heterocycles. The molecular formula is C23H29N3O2. The molecule has 0 spiro atoms. The number of hydrogen-bond acceptors (Lipinski definition) is 3. The Morgan fingerprint density at radius 1 is 1.07 bits per heavy atom. The highest BCUT2D eigenvalue weighted by molar-refractivity contribution is 5.95. The fourth-order valence-corrected chi connectivity index (χ4v) is 3.52. The summed E-state index contributed by atoms with van der Waals surface area (Å²) in [7, 11) is 4.08. The first-order chi connectivity index (χ1) is 13.5. The van der Waals surface area contributed by atoms with Gasteiger partial charge in [0.05, 0.1) is 6.42 Å². The van der Waals surface area contributed by atoms with Crippen molar-refractivity contribution in [2.24, 2.45) is 0 Å². The molecule has 1 N–H and O–H groups in total. The van der Waals surface area contributed by atoms with E-state index in [1.165, 1.54) is 5.56 Å². The van der Waals surface area contributed by atoms with Gasteiger partial charge in [-0.3, -0.25) is 9.59 Å². The van der Waals surface area contributed by atoms with Crippen LogP contribution in [0.4, 0.5) is 5.69 Å². The summed E-state index contributed by atoms with van der Waals surface area (Å²) in [5.41, 5.74) is 3.14. The van der Waals surface area contributed by atoms with Crippen molar-refractivity contribution in [3.05, 3.63) is 65.7 Å². The maximum Gasteiger partial charge on any atom is 0.227 e. The lowest BCUT2D eigenvalue weighted by atomic mass is 10.0. The Hall–Kier alpha value is -2.66. The summed E-state index contributed by atoms with van der Waals surface area (Å²) in [5, 5.41) is 3.06. The highest BCUT2D eigenvalue weighted by Crippen LogP contribution is 2.21. The van der Waals surface area contributed by atoms with Gasteiger partial charge in [-0.05, 0) is 50.2 Å². The molecule has 0 radical (unpaired) electrons. The van der Waals surface area contributed by atoms with Crippen LogP contribution < -0.4 is 10.2 Å². The number of carbonyl (C=O) groups excluding carboxylic acids is 2. The monoisotopic (exact) mass is 379 g/mol. The number of carbonyl (C=O) groups is 2. The van der Waals surface area contributed by atoms with E-state index >= 15 is 0 Å². The van der Waals surface area contributed by atoms with E-state index in [0.717, 1.165) is 30.6 Å². The summed E-state index contributed by atoms with van der Waals surface area (Å²) < 4.78 is 0. The van der Waals surface area contributed by atoms with E-state index in [4.69, 9.17) is 0 Å². The van der Waals surface area contributed by atoms with Crippen molar-refractivity contribution in [1.82, 2.24) is 10.2 Å². The molecule has 28 heavy (non-hydrogen) atoms. The third-order valence-corrected chi connectivity index (χ3v) is 5.27. The number of benzene rings is 2. The molecule has 2 aromatic rings.